The third kappa shape index (κ3) is 3.24. The van der Waals surface area contributed by atoms with Gasteiger partial charge in [-0.2, -0.15) is 10.2 Å². The molecule has 5 heteroatoms. The van der Waals surface area contributed by atoms with E-state index in [9.17, 15) is 4.79 Å². The van der Waals surface area contributed by atoms with E-state index in [2.05, 4.69) is 10.2 Å². The Bertz CT molecular complexity index is 468. The first-order valence-electron chi connectivity index (χ1n) is 6.73. The lowest BCUT2D eigenvalue weighted by Crippen LogP contribution is -2.40. The molecule has 0 radical (unpaired) electrons. The smallest absolute Gasteiger partial charge is 0.255 e. The highest BCUT2D eigenvalue weighted by molar-refractivity contribution is 6.20. The van der Waals surface area contributed by atoms with Crippen LogP contribution in [0.25, 0.3) is 0 Å². The highest BCUT2D eigenvalue weighted by Gasteiger charge is 2.27. The lowest BCUT2D eigenvalue weighted by atomic mass is 9.93. The summed E-state index contributed by atoms with van der Waals surface area (Å²) in [5, 5.41) is 8.17. The Labute approximate surface area is 119 Å². The number of carbonyl (C=O) groups excluding carboxylic acids is 1. The molecule has 0 saturated carbocycles. The minimum atomic E-state index is 0.0659. The zero-order valence-corrected chi connectivity index (χ0v) is 12.4. The topological polar surface area (TPSA) is 46.1 Å². The van der Waals surface area contributed by atoms with Crippen LogP contribution in [0.2, 0.25) is 0 Å². The van der Waals surface area contributed by atoms with Crippen LogP contribution in [0.3, 0.4) is 0 Å². The second-order valence-corrected chi connectivity index (χ2v) is 5.98. The average molecular weight is 282 g/mol. The van der Waals surface area contributed by atoms with Gasteiger partial charge in [0, 0.05) is 18.5 Å². The predicted molar refractivity (Wildman–Crippen MR) is 75.4 cm³/mol. The SMILES string of the molecule is Cc1cc(C(=O)N2CCC(C(C)Cl)CC2)c(C)nn1. The highest BCUT2D eigenvalue weighted by atomic mass is 35.5. The largest absolute Gasteiger partial charge is 0.339 e. The van der Waals surface area contributed by atoms with Crippen molar-refractivity contribution in [2.45, 2.75) is 39.0 Å². The van der Waals surface area contributed by atoms with E-state index in [1.54, 1.807) is 0 Å². The van der Waals surface area contributed by atoms with Gasteiger partial charge in [-0.1, -0.05) is 0 Å². The summed E-state index contributed by atoms with van der Waals surface area (Å²) in [5.74, 6) is 0.584. The number of piperidine rings is 1. The molecular weight excluding hydrogens is 262 g/mol. The normalized spacial score (nSPS) is 18.4. The zero-order valence-electron chi connectivity index (χ0n) is 11.7. The fraction of sp³-hybridized carbons (Fsp3) is 0.643. The van der Waals surface area contributed by atoms with Gasteiger partial charge in [0.2, 0.25) is 0 Å². The molecule has 1 fully saturated rings. The van der Waals surface area contributed by atoms with E-state index in [1.807, 2.05) is 31.7 Å². The van der Waals surface area contributed by atoms with Crippen molar-refractivity contribution in [1.29, 1.82) is 0 Å². The molecule has 0 bridgehead atoms. The highest BCUT2D eigenvalue weighted by Crippen LogP contribution is 2.25. The molecular formula is C14H20ClN3O. The van der Waals surface area contributed by atoms with Crippen LogP contribution in [-0.2, 0) is 0 Å². The number of carbonyl (C=O) groups is 1. The number of hydrogen-bond acceptors (Lipinski definition) is 3. The van der Waals surface area contributed by atoms with Crippen LogP contribution in [0.15, 0.2) is 6.07 Å². The summed E-state index contributed by atoms with van der Waals surface area (Å²) >= 11 is 6.13. The average Bonchev–Trinajstić information content (AvgIpc) is 2.41. The first kappa shape index (κ1) is 14.3. The van der Waals surface area contributed by atoms with Crippen molar-refractivity contribution in [2.24, 2.45) is 5.92 Å². The minimum absolute atomic E-state index is 0.0659. The van der Waals surface area contributed by atoms with E-state index in [0.29, 0.717) is 17.2 Å². The molecule has 19 heavy (non-hydrogen) atoms. The number of aryl methyl sites for hydroxylation is 2. The quantitative estimate of drug-likeness (QED) is 0.783. The van der Waals surface area contributed by atoms with Gasteiger partial charge in [-0.15, -0.1) is 11.6 Å². The predicted octanol–water partition coefficient (Wildman–Crippen LogP) is 2.57. The van der Waals surface area contributed by atoms with Crippen molar-refractivity contribution in [3.8, 4) is 0 Å². The van der Waals surface area contributed by atoms with Crippen LogP contribution in [0.5, 0.6) is 0 Å². The summed E-state index contributed by atoms with van der Waals surface area (Å²) in [7, 11) is 0. The van der Waals surface area contributed by atoms with E-state index in [1.165, 1.54) is 0 Å². The maximum absolute atomic E-state index is 12.5. The fourth-order valence-electron chi connectivity index (χ4n) is 2.50. The zero-order chi connectivity index (χ0) is 14.0. The summed E-state index contributed by atoms with van der Waals surface area (Å²) in [5.41, 5.74) is 2.14. The molecule has 1 aliphatic rings. The summed E-state index contributed by atoms with van der Waals surface area (Å²) in [6.45, 7) is 7.27. The summed E-state index contributed by atoms with van der Waals surface area (Å²) in [4.78, 5) is 14.4. The van der Waals surface area contributed by atoms with Crippen molar-refractivity contribution in [1.82, 2.24) is 15.1 Å². The summed E-state index contributed by atoms with van der Waals surface area (Å²) in [6.07, 6.45) is 1.96. The van der Waals surface area contributed by atoms with Gasteiger partial charge < -0.3 is 4.90 Å². The van der Waals surface area contributed by atoms with Gasteiger partial charge in [-0.3, -0.25) is 4.79 Å². The van der Waals surface area contributed by atoms with Crippen LogP contribution in [0.1, 0.15) is 41.5 Å². The van der Waals surface area contributed by atoms with Crippen molar-refractivity contribution in [3.63, 3.8) is 0 Å². The molecule has 1 saturated heterocycles. The van der Waals surface area contributed by atoms with Crippen molar-refractivity contribution < 1.29 is 4.79 Å². The lowest BCUT2D eigenvalue weighted by Gasteiger charge is -2.33. The molecule has 1 aromatic rings. The number of aromatic nitrogens is 2. The van der Waals surface area contributed by atoms with Gasteiger partial charge in [0.05, 0.1) is 17.0 Å². The first-order chi connectivity index (χ1) is 8.99. The molecule has 1 aromatic heterocycles. The molecule has 104 valence electrons. The van der Waals surface area contributed by atoms with E-state index in [4.69, 9.17) is 11.6 Å². The number of alkyl halides is 1. The second-order valence-electron chi connectivity index (χ2n) is 5.29. The Kier molecular flexibility index (Phi) is 4.40. The van der Waals surface area contributed by atoms with Gasteiger partial charge in [-0.25, -0.2) is 0 Å². The van der Waals surface area contributed by atoms with E-state index < -0.39 is 0 Å². The van der Waals surface area contributed by atoms with Crippen molar-refractivity contribution >= 4 is 17.5 Å². The van der Waals surface area contributed by atoms with Gasteiger partial charge in [0.25, 0.3) is 5.91 Å². The fourth-order valence-corrected chi connectivity index (χ4v) is 2.75. The number of halogens is 1. The monoisotopic (exact) mass is 281 g/mol. The molecule has 0 spiro atoms. The molecule has 0 aliphatic carbocycles. The second kappa shape index (κ2) is 5.87. The Morgan fingerprint density at radius 2 is 2.00 bits per heavy atom. The number of nitrogens with zero attached hydrogens (tertiary/aromatic N) is 3. The van der Waals surface area contributed by atoms with Gasteiger partial charge >= 0.3 is 0 Å². The summed E-state index contributed by atoms with van der Waals surface area (Å²) < 4.78 is 0. The maximum Gasteiger partial charge on any atom is 0.255 e. The van der Waals surface area contributed by atoms with Crippen LogP contribution >= 0.6 is 11.6 Å². The first-order valence-corrected chi connectivity index (χ1v) is 7.17. The van der Waals surface area contributed by atoms with E-state index >= 15 is 0 Å². The Morgan fingerprint density at radius 1 is 1.37 bits per heavy atom. The number of likely N-dealkylation sites (tertiary alicyclic amines) is 1. The third-order valence-electron chi connectivity index (χ3n) is 3.81. The third-order valence-corrected chi connectivity index (χ3v) is 4.16. The van der Waals surface area contributed by atoms with Crippen LogP contribution in [0, 0.1) is 19.8 Å². The molecule has 0 N–H and O–H groups in total. The number of hydrogen-bond donors (Lipinski definition) is 0. The Balaban J connectivity index is 2.07. The standard InChI is InChI=1S/C14H20ClN3O/c1-9-8-13(11(3)17-16-9)14(19)18-6-4-12(5-7-18)10(2)15/h8,10,12H,4-7H2,1-3H3. The van der Waals surface area contributed by atoms with Gasteiger partial charge in [0.15, 0.2) is 0 Å². The molecule has 1 atom stereocenters. The Hall–Kier alpha value is -1.16. The lowest BCUT2D eigenvalue weighted by molar-refractivity contribution is 0.0688. The molecule has 2 heterocycles. The molecule has 4 nitrogen and oxygen atoms in total. The molecule has 2 rings (SSSR count). The van der Waals surface area contributed by atoms with Gasteiger partial charge in [-0.05, 0) is 45.6 Å². The van der Waals surface area contributed by atoms with Crippen molar-refractivity contribution in [2.75, 3.05) is 13.1 Å². The Morgan fingerprint density at radius 3 is 2.58 bits per heavy atom. The molecule has 1 amide bonds. The van der Waals surface area contributed by atoms with Crippen molar-refractivity contribution in [3.05, 3.63) is 23.0 Å². The number of amides is 1. The van der Waals surface area contributed by atoms with Gasteiger partial charge in [0.1, 0.15) is 0 Å². The molecule has 0 aromatic carbocycles. The maximum atomic E-state index is 12.5. The molecule has 1 unspecified atom stereocenters. The van der Waals surface area contributed by atoms with Crippen LogP contribution < -0.4 is 0 Å². The van der Waals surface area contributed by atoms with E-state index in [0.717, 1.165) is 31.6 Å². The van der Waals surface area contributed by atoms with Crippen LogP contribution in [-0.4, -0.2) is 39.5 Å². The summed E-state index contributed by atoms with van der Waals surface area (Å²) in [6, 6.07) is 1.82. The number of rotatable bonds is 2. The van der Waals surface area contributed by atoms with E-state index in [-0.39, 0.29) is 11.3 Å². The molecule has 1 aliphatic heterocycles. The van der Waals surface area contributed by atoms with Crippen LogP contribution in [0.4, 0.5) is 0 Å². The minimum Gasteiger partial charge on any atom is -0.339 e.